The van der Waals surface area contributed by atoms with Gasteiger partial charge in [-0.15, -0.1) is 0 Å². The number of hydrogen-bond acceptors (Lipinski definition) is 4. The Kier molecular flexibility index (Phi) is 5.87. The number of methoxy groups -OCH3 is 2. The molecule has 148 valence electrons. The zero-order chi connectivity index (χ0) is 20.3. The first kappa shape index (κ1) is 19.7. The molecule has 2 amide bonds. The van der Waals surface area contributed by atoms with Gasteiger partial charge in [-0.25, -0.2) is 0 Å². The van der Waals surface area contributed by atoms with Crippen molar-refractivity contribution in [2.75, 3.05) is 14.2 Å². The Labute approximate surface area is 165 Å². The fraction of sp³-hybridized carbons (Fsp3) is 0.364. The number of amides is 2. The van der Waals surface area contributed by atoms with Crippen LogP contribution in [0.4, 0.5) is 0 Å². The number of fused-ring (bicyclic) bond motifs is 1. The number of nitrogens with one attached hydrogen (secondary N) is 1. The van der Waals surface area contributed by atoms with Crippen LogP contribution in [0.5, 0.6) is 11.5 Å². The third-order valence-corrected chi connectivity index (χ3v) is 4.98. The van der Waals surface area contributed by atoms with Gasteiger partial charge >= 0.3 is 0 Å². The molecule has 0 radical (unpaired) electrons. The van der Waals surface area contributed by atoms with Crippen LogP contribution in [-0.2, 0) is 22.6 Å². The van der Waals surface area contributed by atoms with Gasteiger partial charge in [0, 0.05) is 12.6 Å². The minimum Gasteiger partial charge on any atom is -0.493 e. The second-order valence-electron chi connectivity index (χ2n) is 7.08. The first-order valence-electron chi connectivity index (χ1n) is 9.33. The molecule has 0 spiro atoms. The predicted octanol–water partition coefficient (Wildman–Crippen LogP) is 2.85. The number of carbonyl (C=O) groups is 2. The number of hydrogen-bond donors (Lipinski definition) is 1. The van der Waals surface area contributed by atoms with Crippen molar-refractivity contribution in [1.29, 1.82) is 0 Å². The van der Waals surface area contributed by atoms with E-state index in [1.807, 2.05) is 50.2 Å². The van der Waals surface area contributed by atoms with Gasteiger partial charge in [0.1, 0.15) is 6.04 Å². The van der Waals surface area contributed by atoms with Crippen LogP contribution in [-0.4, -0.2) is 37.0 Å². The zero-order valence-corrected chi connectivity index (χ0v) is 16.7. The fourth-order valence-corrected chi connectivity index (χ4v) is 3.64. The van der Waals surface area contributed by atoms with Crippen molar-refractivity contribution in [3.8, 4) is 11.5 Å². The molecule has 0 bridgehead atoms. The molecule has 0 saturated carbocycles. The van der Waals surface area contributed by atoms with Crippen molar-refractivity contribution in [2.45, 2.75) is 38.9 Å². The third kappa shape index (κ3) is 3.81. The Morgan fingerprint density at radius 1 is 1.14 bits per heavy atom. The Bertz CT molecular complexity index is 879. The molecule has 0 fully saturated rings. The van der Waals surface area contributed by atoms with Crippen LogP contribution in [0, 0.1) is 0 Å². The molecule has 2 aromatic carbocycles. The van der Waals surface area contributed by atoms with Crippen LogP contribution >= 0.6 is 0 Å². The first-order chi connectivity index (χ1) is 13.5. The summed E-state index contributed by atoms with van der Waals surface area (Å²) in [4.78, 5) is 27.4. The molecule has 0 aromatic heterocycles. The number of benzene rings is 2. The van der Waals surface area contributed by atoms with Gasteiger partial charge in [0.2, 0.25) is 11.8 Å². The van der Waals surface area contributed by atoms with E-state index < -0.39 is 6.04 Å². The average molecular weight is 382 g/mol. The molecule has 0 aliphatic carbocycles. The SMILES string of the molecule is COc1ccc(CNC(=O)C2c3ccccc3CC(=O)N2C(C)C)cc1OC. The van der Waals surface area contributed by atoms with Crippen LogP contribution in [0.1, 0.15) is 36.6 Å². The predicted molar refractivity (Wildman–Crippen MR) is 106 cm³/mol. The molecule has 28 heavy (non-hydrogen) atoms. The van der Waals surface area contributed by atoms with Crippen molar-refractivity contribution in [3.05, 3.63) is 59.2 Å². The van der Waals surface area contributed by atoms with Crippen molar-refractivity contribution in [3.63, 3.8) is 0 Å². The van der Waals surface area contributed by atoms with E-state index in [0.717, 1.165) is 16.7 Å². The van der Waals surface area contributed by atoms with E-state index in [-0.39, 0.29) is 17.9 Å². The molecular weight excluding hydrogens is 356 g/mol. The summed E-state index contributed by atoms with van der Waals surface area (Å²) in [6.07, 6.45) is 0.327. The molecule has 1 heterocycles. The smallest absolute Gasteiger partial charge is 0.247 e. The van der Waals surface area contributed by atoms with Gasteiger partial charge in [0.05, 0.1) is 20.6 Å². The normalized spacial score (nSPS) is 16.0. The summed E-state index contributed by atoms with van der Waals surface area (Å²) in [5.41, 5.74) is 2.69. The molecular formula is C22H26N2O4. The summed E-state index contributed by atoms with van der Waals surface area (Å²) in [7, 11) is 3.16. The highest BCUT2D eigenvalue weighted by molar-refractivity contribution is 5.92. The summed E-state index contributed by atoms with van der Waals surface area (Å²) in [6.45, 7) is 4.19. The Hall–Kier alpha value is -3.02. The van der Waals surface area contributed by atoms with Gasteiger partial charge < -0.3 is 19.7 Å². The van der Waals surface area contributed by atoms with Crippen LogP contribution in [0.25, 0.3) is 0 Å². The van der Waals surface area contributed by atoms with E-state index in [4.69, 9.17) is 9.47 Å². The molecule has 1 aliphatic rings. The van der Waals surface area contributed by atoms with Crippen molar-refractivity contribution in [1.82, 2.24) is 10.2 Å². The summed E-state index contributed by atoms with van der Waals surface area (Å²) in [5.74, 6) is 1.02. The van der Waals surface area contributed by atoms with E-state index in [1.165, 1.54) is 0 Å². The number of nitrogens with zero attached hydrogens (tertiary/aromatic N) is 1. The quantitative estimate of drug-likeness (QED) is 0.834. The Morgan fingerprint density at radius 2 is 1.86 bits per heavy atom. The standard InChI is InChI=1S/C22H26N2O4/c1-14(2)24-20(25)12-16-7-5-6-8-17(16)21(24)22(26)23-13-15-9-10-18(27-3)19(11-15)28-4/h5-11,14,21H,12-13H2,1-4H3,(H,23,26). The van der Waals surface area contributed by atoms with Crippen LogP contribution in [0.3, 0.4) is 0 Å². The van der Waals surface area contributed by atoms with Crippen LogP contribution < -0.4 is 14.8 Å². The highest BCUT2D eigenvalue weighted by atomic mass is 16.5. The summed E-state index contributed by atoms with van der Waals surface area (Å²) >= 11 is 0. The number of ether oxygens (including phenoxy) is 2. The lowest BCUT2D eigenvalue weighted by Crippen LogP contribution is -2.50. The summed E-state index contributed by atoms with van der Waals surface area (Å²) in [5, 5.41) is 2.97. The highest BCUT2D eigenvalue weighted by Crippen LogP contribution is 2.32. The minimum absolute atomic E-state index is 0.0278. The largest absolute Gasteiger partial charge is 0.493 e. The summed E-state index contributed by atoms with van der Waals surface area (Å²) < 4.78 is 10.6. The topological polar surface area (TPSA) is 67.9 Å². The maximum atomic E-state index is 13.1. The van der Waals surface area contributed by atoms with Gasteiger partial charge in [0.15, 0.2) is 11.5 Å². The molecule has 3 rings (SSSR count). The lowest BCUT2D eigenvalue weighted by Gasteiger charge is -2.39. The van der Waals surface area contributed by atoms with Gasteiger partial charge in [-0.2, -0.15) is 0 Å². The molecule has 6 heteroatoms. The Morgan fingerprint density at radius 3 is 2.54 bits per heavy atom. The second kappa shape index (κ2) is 8.33. The number of rotatable bonds is 6. The van der Waals surface area contributed by atoms with Gasteiger partial charge in [0.25, 0.3) is 0 Å². The molecule has 0 saturated heterocycles. The zero-order valence-electron chi connectivity index (χ0n) is 16.7. The van der Waals surface area contributed by atoms with Crippen molar-refractivity contribution in [2.24, 2.45) is 0 Å². The van der Waals surface area contributed by atoms with E-state index in [0.29, 0.717) is 24.5 Å². The van der Waals surface area contributed by atoms with E-state index >= 15 is 0 Å². The average Bonchev–Trinajstić information content (AvgIpc) is 2.70. The maximum Gasteiger partial charge on any atom is 0.247 e. The lowest BCUT2D eigenvalue weighted by atomic mass is 9.90. The maximum absolute atomic E-state index is 13.1. The number of carbonyl (C=O) groups excluding carboxylic acids is 2. The lowest BCUT2D eigenvalue weighted by molar-refractivity contribution is -0.143. The highest BCUT2D eigenvalue weighted by Gasteiger charge is 2.38. The first-order valence-corrected chi connectivity index (χ1v) is 9.33. The second-order valence-corrected chi connectivity index (χ2v) is 7.08. The van der Waals surface area contributed by atoms with E-state index in [2.05, 4.69) is 5.32 Å². The van der Waals surface area contributed by atoms with E-state index in [9.17, 15) is 9.59 Å². The van der Waals surface area contributed by atoms with Gasteiger partial charge in [-0.3, -0.25) is 9.59 Å². The van der Waals surface area contributed by atoms with Gasteiger partial charge in [-0.1, -0.05) is 30.3 Å². The van der Waals surface area contributed by atoms with Crippen molar-refractivity contribution >= 4 is 11.8 Å². The monoisotopic (exact) mass is 382 g/mol. The third-order valence-electron chi connectivity index (χ3n) is 4.98. The van der Waals surface area contributed by atoms with Crippen LogP contribution in [0.15, 0.2) is 42.5 Å². The molecule has 6 nitrogen and oxygen atoms in total. The minimum atomic E-state index is -0.627. The Balaban J connectivity index is 1.83. The van der Waals surface area contributed by atoms with Crippen molar-refractivity contribution < 1.29 is 19.1 Å². The molecule has 1 unspecified atom stereocenters. The molecule has 1 aliphatic heterocycles. The summed E-state index contributed by atoms with van der Waals surface area (Å²) in [6, 6.07) is 12.5. The van der Waals surface area contributed by atoms with Gasteiger partial charge in [-0.05, 0) is 42.7 Å². The fourth-order valence-electron chi connectivity index (χ4n) is 3.64. The molecule has 2 aromatic rings. The van der Waals surface area contributed by atoms with E-state index in [1.54, 1.807) is 25.2 Å². The van der Waals surface area contributed by atoms with Crippen LogP contribution in [0.2, 0.25) is 0 Å². The molecule has 1 N–H and O–H groups in total. The molecule has 1 atom stereocenters.